The van der Waals surface area contributed by atoms with E-state index >= 15 is 0 Å². The standard InChI is InChI=1S/CN.Hg.K/c1-2;;/q-1;;+1. The van der Waals surface area contributed by atoms with Gasteiger partial charge < -0.3 is 11.8 Å². The predicted octanol–water partition coefficient (Wildman–Crippen LogP) is -2.90. The Morgan fingerprint density at radius 1 is 1.25 bits per heavy atom. The third-order valence-corrected chi connectivity index (χ3v) is 0. The van der Waals surface area contributed by atoms with Crippen LogP contribution < -0.4 is 51.4 Å². The Hall–Kier alpha value is 2.06. The van der Waals surface area contributed by atoms with Crippen molar-refractivity contribution >= 4 is 0 Å². The van der Waals surface area contributed by atoms with Crippen LogP contribution in [0.5, 0.6) is 0 Å². The molecule has 0 spiro atoms. The van der Waals surface area contributed by atoms with Gasteiger partial charge in [-0.25, -0.2) is 0 Å². The normalized spacial score (nSPS) is 0.500. The van der Waals surface area contributed by atoms with Crippen molar-refractivity contribution in [2.45, 2.75) is 0 Å². The second-order valence-electron chi connectivity index (χ2n) is 0. The molecule has 1 nitrogen and oxygen atoms in total. The molecule has 0 bridgehead atoms. The molecule has 0 rings (SSSR count). The minimum Gasteiger partial charge on any atom is -0.512 e. The molecule has 0 amide bonds. The van der Waals surface area contributed by atoms with E-state index in [1.165, 1.54) is 0 Å². The SMILES string of the molecule is [C-]#N.[Hg].[K+]. The zero-order valence-corrected chi connectivity index (χ0v) is 11.3. The van der Waals surface area contributed by atoms with Crippen molar-refractivity contribution in [2.24, 2.45) is 0 Å². The van der Waals surface area contributed by atoms with E-state index in [9.17, 15) is 0 Å². The van der Waals surface area contributed by atoms with E-state index in [0.29, 0.717) is 0 Å². The van der Waals surface area contributed by atoms with Crippen molar-refractivity contribution < 1.29 is 79.1 Å². The molecule has 0 aliphatic rings. The van der Waals surface area contributed by atoms with Gasteiger partial charge in [0.05, 0.1) is 0 Å². The summed E-state index contributed by atoms with van der Waals surface area (Å²) in [5.74, 6) is 0. The maximum Gasteiger partial charge on any atom is 1.00 e. The van der Waals surface area contributed by atoms with Crippen molar-refractivity contribution in [1.82, 2.24) is 0 Å². The third kappa shape index (κ3) is 8.96. The van der Waals surface area contributed by atoms with Crippen molar-refractivity contribution in [2.75, 3.05) is 0 Å². The average Bonchev–Trinajstić information content (AvgIpc) is 1.00. The summed E-state index contributed by atoms with van der Waals surface area (Å²) in [6, 6.07) is 0. The second kappa shape index (κ2) is 19.6. The summed E-state index contributed by atoms with van der Waals surface area (Å²) >= 11 is 0. The fourth-order valence-corrected chi connectivity index (χ4v) is 0. The van der Waals surface area contributed by atoms with E-state index < -0.39 is 0 Å². The first-order valence-electron chi connectivity index (χ1n) is 0.224. The summed E-state index contributed by atoms with van der Waals surface area (Å²) in [7, 11) is 0. The molecule has 0 aromatic carbocycles. The Bertz CT molecular complexity index is 12.8. The van der Waals surface area contributed by atoms with Gasteiger partial charge in [0.1, 0.15) is 0 Å². The first kappa shape index (κ1) is 16.6. The zero-order chi connectivity index (χ0) is 2.00. The molecular formula is CHgKN. The smallest absolute Gasteiger partial charge is 0.512 e. The molecule has 0 saturated heterocycles. The van der Waals surface area contributed by atoms with Crippen LogP contribution in [0.4, 0.5) is 0 Å². The molecule has 4 heavy (non-hydrogen) atoms. The van der Waals surface area contributed by atoms with Crippen LogP contribution in [0.2, 0.25) is 0 Å². The molecule has 0 aliphatic heterocycles. The molecule has 0 N–H and O–H groups in total. The Morgan fingerprint density at radius 2 is 1.25 bits per heavy atom. The second-order valence-corrected chi connectivity index (χ2v) is 0. The van der Waals surface area contributed by atoms with Gasteiger partial charge >= 0.3 is 51.4 Å². The number of hydrogen-bond acceptors (Lipinski definition) is 1. The van der Waals surface area contributed by atoms with Crippen LogP contribution in [0.3, 0.4) is 0 Å². The molecule has 0 aromatic heterocycles. The van der Waals surface area contributed by atoms with Crippen molar-refractivity contribution in [3.63, 3.8) is 0 Å². The van der Waals surface area contributed by atoms with E-state index in [-0.39, 0.29) is 79.1 Å². The van der Waals surface area contributed by atoms with Crippen LogP contribution in [0.25, 0.3) is 0 Å². The molecule has 0 aliphatic carbocycles. The molecule has 12 valence electrons. The molecule has 0 fully saturated rings. The van der Waals surface area contributed by atoms with Gasteiger partial charge in [0.25, 0.3) is 0 Å². The van der Waals surface area contributed by atoms with Crippen LogP contribution in [-0.4, -0.2) is 0 Å². The van der Waals surface area contributed by atoms with Gasteiger partial charge in [-0.1, -0.05) is 0 Å². The monoisotopic (exact) mass is 267 g/mol. The fourth-order valence-electron chi connectivity index (χ4n) is 0. The van der Waals surface area contributed by atoms with Crippen LogP contribution in [0.1, 0.15) is 0 Å². The topological polar surface area (TPSA) is 23.8 Å². The van der Waals surface area contributed by atoms with Crippen LogP contribution in [-0.2, 0) is 27.7 Å². The molecule has 0 saturated carbocycles. The van der Waals surface area contributed by atoms with Gasteiger partial charge in [-0.3, -0.25) is 0 Å². The molecule has 0 heterocycles. The summed E-state index contributed by atoms with van der Waals surface area (Å²) < 4.78 is 0. The van der Waals surface area contributed by atoms with Gasteiger partial charge in [0, 0.05) is 27.7 Å². The van der Waals surface area contributed by atoms with Gasteiger partial charge in [0.15, 0.2) is 0 Å². The van der Waals surface area contributed by atoms with E-state index in [0.717, 1.165) is 0 Å². The maximum atomic E-state index is 6.25. The Balaban J connectivity index is -0.00000000500. The third-order valence-electron chi connectivity index (χ3n) is 0. The van der Waals surface area contributed by atoms with E-state index in [1.54, 1.807) is 0 Å². The summed E-state index contributed by atoms with van der Waals surface area (Å²) in [6.45, 7) is 4.75. The molecule has 3 heteroatoms. The first-order valence-corrected chi connectivity index (χ1v) is 0.224. The Kier molecular flexibility index (Phi) is 81.4. The number of rotatable bonds is 0. The molecule has 0 atom stereocenters. The minimum atomic E-state index is 0. The van der Waals surface area contributed by atoms with Crippen molar-refractivity contribution in [1.29, 1.82) is 5.26 Å². The molecule has 0 radical (unpaired) electrons. The summed E-state index contributed by atoms with van der Waals surface area (Å²) in [6.07, 6.45) is 0. The molecular weight excluding hydrogens is 266 g/mol. The van der Waals surface area contributed by atoms with E-state index in [1.807, 2.05) is 0 Å². The van der Waals surface area contributed by atoms with Crippen LogP contribution >= 0.6 is 0 Å². The first-order chi connectivity index (χ1) is 1.00. The molecule has 0 unspecified atom stereocenters. The fraction of sp³-hybridized carbons (Fsp3) is 0. The predicted molar refractivity (Wildman–Crippen MR) is 4.97 cm³/mol. The van der Waals surface area contributed by atoms with Gasteiger partial charge in [-0.05, 0) is 0 Å². The van der Waals surface area contributed by atoms with Crippen LogP contribution in [0, 0.1) is 11.8 Å². The quantitative estimate of drug-likeness (QED) is 0.341. The summed E-state index contributed by atoms with van der Waals surface area (Å²) in [5, 5.41) is 6.25. The molecule has 0 aromatic rings. The average molecular weight is 266 g/mol. The van der Waals surface area contributed by atoms with Crippen molar-refractivity contribution in [3.05, 3.63) is 6.57 Å². The summed E-state index contributed by atoms with van der Waals surface area (Å²) in [5.41, 5.74) is 0. The van der Waals surface area contributed by atoms with Gasteiger partial charge in [-0.2, -0.15) is 0 Å². The van der Waals surface area contributed by atoms with Crippen LogP contribution in [0.15, 0.2) is 0 Å². The van der Waals surface area contributed by atoms with Gasteiger partial charge in [0.2, 0.25) is 0 Å². The van der Waals surface area contributed by atoms with E-state index in [2.05, 4.69) is 0 Å². The largest absolute Gasteiger partial charge is 1.00 e. The Morgan fingerprint density at radius 3 is 1.25 bits per heavy atom. The Labute approximate surface area is 88.7 Å². The van der Waals surface area contributed by atoms with E-state index in [4.69, 9.17) is 11.8 Å². The number of nitrogens with zero attached hydrogens (tertiary/aromatic N) is 1. The zero-order valence-electron chi connectivity index (χ0n) is 2.65. The van der Waals surface area contributed by atoms with Gasteiger partial charge in [-0.15, -0.1) is 0 Å². The maximum absolute atomic E-state index is 6.25. The van der Waals surface area contributed by atoms with Crippen molar-refractivity contribution in [3.8, 4) is 0 Å². The minimum absolute atomic E-state index is 0. The number of hydrogen-bond donors (Lipinski definition) is 0. The summed E-state index contributed by atoms with van der Waals surface area (Å²) in [4.78, 5) is 0.